The third-order valence-corrected chi connectivity index (χ3v) is 2.19. The zero-order chi connectivity index (χ0) is 7.94. The lowest BCUT2D eigenvalue weighted by atomic mass is 9.96. The fourth-order valence-corrected chi connectivity index (χ4v) is 1.52. The summed E-state index contributed by atoms with van der Waals surface area (Å²) >= 11 is 0. The van der Waals surface area contributed by atoms with E-state index in [1.807, 2.05) is 0 Å². The molecule has 1 aliphatic heterocycles. The maximum atomic E-state index is 10.0. The lowest BCUT2D eigenvalue weighted by Gasteiger charge is -2.21. The van der Waals surface area contributed by atoms with Crippen molar-refractivity contribution in [3.63, 3.8) is 0 Å². The van der Waals surface area contributed by atoms with Crippen LogP contribution in [0.3, 0.4) is 0 Å². The second kappa shape index (κ2) is 5.30. The van der Waals surface area contributed by atoms with Crippen molar-refractivity contribution in [2.45, 2.75) is 32.1 Å². The van der Waals surface area contributed by atoms with Crippen LogP contribution in [0, 0.1) is 5.92 Å². The van der Waals surface area contributed by atoms with Crippen molar-refractivity contribution >= 4 is 6.29 Å². The number of carbonyl (C=O) groups excluding carboxylic acids is 1. The van der Waals surface area contributed by atoms with Gasteiger partial charge in [0.1, 0.15) is 6.29 Å². The fourth-order valence-electron chi connectivity index (χ4n) is 1.52. The molecule has 64 valence electrons. The highest BCUT2D eigenvalue weighted by atomic mass is 16.5. The van der Waals surface area contributed by atoms with E-state index in [1.54, 1.807) is 0 Å². The van der Waals surface area contributed by atoms with Crippen LogP contribution >= 0.6 is 0 Å². The Hall–Kier alpha value is -0.370. The Bertz CT molecular complexity index is 106. The molecule has 0 aliphatic carbocycles. The van der Waals surface area contributed by atoms with Gasteiger partial charge in [0, 0.05) is 19.6 Å². The third-order valence-electron chi connectivity index (χ3n) is 2.19. The summed E-state index contributed by atoms with van der Waals surface area (Å²) in [5, 5.41) is 0. The molecular formula is C9H16O2. The second-order valence-electron chi connectivity index (χ2n) is 3.18. The summed E-state index contributed by atoms with van der Waals surface area (Å²) in [6.07, 6.45) is 6.42. The average Bonchev–Trinajstić information content (AvgIpc) is 2.07. The molecule has 0 spiro atoms. The molecule has 1 unspecified atom stereocenters. The molecule has 0 N–H and O–H groups in total. The number of carbonyl (C=O) groups is 1. The summed E-state index contributed by atoms with van der Waals surface area (Å²) in [7, 11) is 0. The Morgan fingerprint density at radius 2 is 2.45 bits per heavy atom. The van der Waals surface area contributed by atoms with Crippen LogP contribution in [-0.2, 0) is 9.53 Å². The van der Waals surface area contributed by atoms with Crippen molar-refractivity contribution in [1.29, 1.82) is 0 Å². The van der Waals surface area contributed by atoms with Crippen molar-refractivity contribution < 1.29 is 9.53 Å². The lowest BCUT2D eigenvalue weighted by Crippen LogP contribution is -2.16. The maximum absolute atomic E-state index is 10.0. The molecule has 1 aliphatic rings. The van der Waals surface area contributed by atoms with E-state index in [4.69, 9.17) is 4.74 Å². The normalized spacial score (nSPS) is 24.9. The predicted molar refractivity (Wildman–Crippen MR) is 43.5 cm³/mol. The van der Waals surface area contributed by atoms with Gasteiger partial charge < -0.3 is 9.53 Å². The molecule has 11 heavy (non-hydrogen) atoms. The van der Waals surface area contributed by atoms with Gasteiger partial charge in [-0.2, -0.15) is 0 Å². The molecule has 2 nitrogen and oxygen atoms in total. The molecule has 0 bridgehead atoms. The SMILES string of the molecule is O=CCCCC1CCCOC1. The predicted octanol–water partition coefficient (Wildman–Crippen LogP) is 1.78. The number of hydrogen-bond acceptors (Lipinski definition) is 2. The number of ether oxygens (including phenoxy) is 1. The van der Waals surface area contributed by atoms with Crippen LogP contribution in [0.5, 0.6) is 0 Å². The summed E-state index contributed by atoms with van der Waals surface area (Å²) in [6, 6.07) is 0. The molecule has 1 saturated heterocycles. The first-order chi connectivity index (χ1) is 5.43. The van der Waals surface area contributed by atoms with Crippen LogP contribution in [0.4, 0.5) is 0 Å². The van der Waals surface area contributed by atoms with E-state index < -0.39 is 0 Å². The standard InChI is InChI=1S/C9H16O2/c10-6-2-1-4-9-5-3-7-11-8-9/h6,9H,1-5,7-8H2. The van der Waals surface area contributed by atoms with Crippen LogP contribution in [0.1, 0.15) is 32.1 Å². The van der Waals surface area contributed by atoms with Crippen molar-refractivity contribution in [2.75, 3.05) is 13.2 Å². The van der Waals surface area contributed by atoms with Crippen molar-refractivity contribution in [1.82, 2.24) is 0 Å². The Kier molecular flexibility index (Phi) is 4.21. The molecule has 0 aromatic carbocycles. The highest BCUT2D eigenvalue weighted by Crippen LogP contribution is 2.18. The van der Waals surface area contributed by atoms with Crippen LogP contribution in [0.15, 0.2) is 0 Å². The number of aldehydes is 1. The summed E-state index contributed by atoms with van der Waals surface area (Å²) in [5.41, 5.74) is 0. The van der Waals surface area contributed by atoms with Crippen LogP contribution in [-0.4, -0.2) is 19.5 Å². The Labute approximate surface area is 67.9 Å². The summed E-state index contributed by atoms with van der Waals surface area (Å²) in [6.45, 7) is 1.85. The summed E-state index contributed by atoms with van der Waals surface area (Å²) in [4.78, 5) is 10.0. The lowest BCUT2D eigenvalue weighted by molar-refractivity contribution is -0.108. The van der Waals surface area contributed by atoms with E-state index >= 15 is 0 Å². The minimum absolute atomic E-state index is 0.719. The quantitative estimate of drug-likeness (QED) is 0.458. The molecule has 0 saturated carbocycles. The third kappa shape index (κ3) is 3.51. The molecule has 1 fully saturated rings. The van der Waals surface area contributed by atoms with Gasteiger partial charge in [0.15, 0.2) is 0 Å². The molecule has 1 heterocycles. The van der Waals surface area contributed by atoms with Gasteiger partial charge in [-0.25, -0.2) is 0 Å². The first kappa shape index (κ1) is 8.72. The molecule has 1 rings (SSSR count). The van der Waals surface area contributed by atoms with Gasteiger partial charge in [0.25, 0.3) is 0 Å². The van der Waals surface area contributed by atoms with Gasteiger partial charge >= 0.3 is 0 Å². The molecule has 2 heteroatoms. The zero-order valence-corrected chi connectivity index (χ0v) is 6.92. The van der Waals surface area contributed by atoms with E-state index in [9.17, 15) is 4.79 Å². The summed E-state index contributed by atoms with van der Waals surface area (Å²) < 4.78 is 5.32. The first-order valence-corrected chi connectivity index (χ1v) is 4.45. The average molecular weight is 156 g/mol. The molecule has 0 aromatic rings. The van der Waals surface area contributed by atoms with Gasteiger partial charge in [-0.3, -0.25) is 0 Å². The van der Waals surface area contributed by atoms with E-state index in [1.165, 1.54) is 19.3 Å². The first-order valence-electron chi connectivity index (χ1n) is 4.45. The van der Waals surface area contributed by atoms with E-state index in [0.29, 0.717) is 0 Å². The van der Waals surface area contributed by atoms with E-state index in [2.05, 4.69) is 0 Å². The Balaban J connectivity index is 2.00. The van der Waals surface area contributed by atoms with Gasteiger partial charge in [0.2, 0.25) is 0 Å². The second-order valence-corrected chi connectivity index (χ2v) is 3.18. The zero-order valence-electron chi connectivity index (χ0n) is 6.92. The van der Waals surface area contributed by atoms with Gasteiger partial charge in [-0.15, -0.1) is 0 Å². The monoisotopic (exact) mass is 156 g/mol. The Morgan fingerprint density at radius 1 is 1.55 bits per heavy atom. The topological polar surface area (TPSA) is 26.3 Å². The molecule has 0 aromatic heterocycles. The smallest absolute Gasteiger partial charge is 0.119 e. The number of unbranched alkanes of at least 4 members (excludes halogenated alkanes) is 1. The minimum Gasteiger partial charge on any atom is -0.381 e. The van der Waals surface area contributed by atoms with Gasteiger partial charge in [-0.05, 0) is 31.6 Å². The van der Waals surface area contributed by atoms with E-state index in [-0.39, 0.29) is 0 Å². The number of hydrogen-bond donors (Lipinski definition) is 0. The van der Waals surface area contributed by atoms with Crippen LogP contribution < -0.4 is 0 Å². The van der Waals surface area contributed by atoms with E-state index in [0.717, 1.165) is 38.3 Å². The van der Waals surface area contributed by atoms with Crippen molar-refractivity contribution in [3.8, 4) is 0 Å². The number of rotatable bonds is 4. The van der Waals surface area contributed by atoms with Gasteiger partial charge in [-0.1, -0.05) is 0 Å². The summed E-state index contributed by atoms with van der Waals surface area (Å²) in [5.74, 6) is 0.726. The van der Waals surface area contributed by atoms with Crippen LogP contribution in [0.2, 0.25) is 0 Å². The highest BCUT2D eigenvalue weighted by molar-refractivity contribution is 5.48. The minimum atomic E-state index is 0.719. The largest absolute Gasteiger partial charge is 0.381 e. The van der Waals surface area contributed by atoms with Crippen molar-refractivity contribution in [2.24, 2.45) is 5.92 Å². The molecular weight excluding hydrogens is 140 g/mol. The van der Waals surface area contributed by atoms with Gasteiger partial charge in [0.05, 0.1) is 0 Å². The van der Waals surface area contributed by atoms with Crippen molar-refractivity contribution in [3.05, 3.63) is 0 Å². The Morgan fingerprint density at radius 3 is 3.09 bits per heavy atom. The van der Waals surface area contributed by atoms with Crippen LogP contribution in [0.25, 0.3) is 0 Å². The molecule has 1 atom stereocenters. The maximum Gasteiger partial charge on any atom is 0.119 e. The molecule has 0 radical (unpaired) electrons. The molecule has 0 amide bonds. The highest BCUT2D eigenvalue weighted by Gasteiger charge is 2.12. The fraction of sp³-hybridized carbons (Fsp3) is 0.889.